The number of likely N-dealkylation sites (tertiary alicyclic amines) is 1. The van der Waals surface area contributed by atoms with Crippen molar-refractivity contribution < 1.29 is 14.7 Å². The topological polar surface area (TPSA) is 69.6 Å². The van der Waals surface area contributed by atoms with Gasteiger partial charge >= 0.3 is 12.0 Å². The number of carboxylic acid groups (broad SMARTS) is 1. The third-order valence-corrected chi connectivity index (χ3v) is 4.96. The molecule has 1 saturated carbocycles. The fourth-order valence-corrected chi connectivity index (χ4v) is 3.15. The molecule has 0 aromatic heterocycles. The van der Waals surface area contributed by atoms with Gasteiger partial charge in [0, 0.05) is 25.0 Å². The molecule has 5 heteroatoms. The number of nitrogens with zero attached hydrogens (tertiary/aromatic N) is 1. The predicted molar refractivity (Wildman–Crippen MR) is 76.4 cm³/mol. The van der Waals surface area contributed by atoms with Crippen LogP contribution in [0.5, 0.6) is 0 Å². The summed E-state index contributed by atoms with van der Waals surface area (Å²) in [5.74, 6) is -0.496. The number of aliphatic carboxylic acids is 1. The van der Waals surface area contributed by atoms with Crippen LogP contribution in [0.2, 0.25) is 0 Å². The minimum Gasteiger partial charge on any atom is -0.481 e. The van der Waals surface area contributed by atoms with Gasteiger partial charge in [-0.25, -0.2) is 4.79 Å². The maximum absolute atomic E-state index is 12.2. The first-order valence-corrected chi connectivity index (χ1v) is 7.77. The zero-order valence-corrected chi connectivity index (χ0v) is 12.5. The van der Waals surface area contributed by atoms with Crippen LogP contribution in [-0.2, 0) is 4.79 Å². The minimum atomic E-state index is -0.771. The highest BCUT2D eigenvalue weighted by Crippen LogP contribution is 2.26. The lowest BCUT2D eigenvalue weighted by Gasteiger charge is -2.42. The average molecular weight is 282 g/mol. The molecule has 1 aliphatic heterocycles. The van der Waals surface area contributed by atoms with E-state index in [0.29, 0.717) is 19.0 Å². The summed E-state index contributed by atoms with van der Waals surface area (Å²) in [6.45, 7) is 5.07. The Morgan fingerprint density at radius 3 is 2.50 bits per heavy atom. The van der Waals surface area contributed by atoms with Crippen molar-refractivity contribution in [2.75, 3.05) is 13.1 Å². The van der Waals surface area contributed by atoms with E-state index in [4.69, 9.17) is 5.11 Å². The molecule has 1 saturated heterocycles. The summed E-state index contributed by atoms with van der Waals surface area (Å²) in [4.78, 5) is 24.8. The molecular weight excluding hydrogens is 256 g/mol. The van der Waals surface area contributed by atoms with Gasteiger partial charge in [0.25, 0.3) is 0 Å². The molecule has 0 aromatic rings. The molecule has 0 spiro atoms. The molecule has 2 N–H and O–H groups in total. The second-order valence-corrected chi connectivity index (χ2v) is 6.46. The summed E-state index contributed by atoms with van der Waals surface area (Å²) in [5, 5.41) is 12.1. The smallest absolute Gasteiger partial charge is 0.317 e. The fraction of sp³-hybridized carbons (Fsp3) is 0.867. The Labute approximate surface area is 120 Å². The van der Waals surface area contributed by atoms with E-state index in [0.717, 1.165) is 6.42 Å². The highest BCUT2D eigenvalue weighted by atomic mass is 16.4. The third-order valence-electron chi connectivity index (χ3n) is 4.96. The Kier molecular flexibility index (Phi) is 4.89. The second kappa shape index (κ2) is 6.46. The van der Waals surface area contributed by atoms with E-state index in [1.807, 2.05) is 0 Å². The Hall–Kier alpha value is -1.26. The first-order chi connectivity index (χ1) is 9.49. The Morgan fingerprint density at radius 2 is 1.85 bits per heavy atom. The molecule has 2 aliphatic rings. The fourth-order valence-electron chi connectivity index (χ4n) is 3.15. The summed E-state index contributed by atoms with van der Waals surface area (Å²) in [5.41, 5.74) is 0. The van der Waals surface area contributed by atoms with Crippen molar-refractivity contribution in [3.8, 4) is 0 Å². The number of amides is 2. The van der Waals surface area contributed by atoms with E-state index >= 15 is 0 Å². The predicted octanol–water partition coefficient (Wildman–Crippen LogP) is 2.32. The van der Waals surface area contributed by atoms with Gasteiger partial charge in [0.1, 0.15) is 0 Å². The van der Waals surface area contributed by atoms with Crippen LogP contribution in [0.15, 0.2) is 0 Å². The van der Waals surface area contributed by atoms with E-state index < -0.39 is 5.97 Å². The molecule has 3 unspecified atom stereocenters. The van der Waals surface area contributed by atoms with Crippen molar-refractivity contribution in [3.05, 3.63) is 0 Å². The summed E-state index contributed by atoms with van der Waals surface area (Å²) < 4.78 is 0. The zero-order chi connectivity index (χ0) is 14.7. The molecule has 2 rings (SSSR count). The normalized spacial score (nSPS) is 29.2. The van der Waals surface area contributed by atoms with Crippen LogP contribution in [0.3, 0.4) is 0 Å². The van der Waals surface area contributed by atoms with Gasteiger partial charge < -0.3 is 15.3 Å². The first kappa shape index (κ1) is 15.1. The molecular formula is C15H26N2O3. The largest absolute Gasteiger partial charge is 0.481 e. The van der Waals surface area contributed by atoms with E-state index in [9.17, 15) is 9.59 Å². The second-order valence-electron chi connectivity index (χ2n) is 6.46. The number of urea groups is 1. The van der Waals surface area contributed by atoms with Crippen LogP contribution in [0.4, 0.5) is 4.79 Å². The van der Waals surface area contributed by atoms with Gasteiger partial charge in [0.15, 0.2) is 0 Å². The number of rotatable bonds is 3. The highest BCUT2D eigenvalue weighted by Gasteiger charge is 2.38. The van der Waals surface area contributed by atoms with Crippen LogP contribution < -0.4 is 5.32 Å². The van der Waals surface area contributed by atoms with Gasteiger partial charge in [-0.15, -0.1) is 0 Å². The van der Waals surface area contributed by atoms with E-state index in [-0.39, 0.29) is 23.9 Å². The number of carbonyl (C=O) groups excluding carboxylic acids is 1. The van der Waals surface area contributed by atoms with Crippen LogP contribution in [0, 0.1) is 17.8 Å². The van der Waals surface area contributed by atoms with E-state index in [2.05, 4.69) is 12.2 Å². The molecule has 2 amide bonds. The quantitative estimate of drug-likeness (QED) is 0.780. The Morgan fingerprint density at radius 1 is 1.20 bits per heavy atom. The minimum absolute atomic E-state index is 0.0161. The Bertz CT molecular complexity index is 366. The molecule has 3 atom stereocenters. The van der Waals surface area contributed by atoms with Crippen LogP contribution in [0.25, 0.3) is 0 Å². The molecule has 0 radical (unpaired) electrons. The van der Waals surface area contributed by atoms with Crippen LogP contribution in [0.1, 0.15) is 46.0 Å². The molecule has 1 heterocycles. The van der Waals surface area contributed by atoms with Gasteiger partial charge in [0.2, 0.25) is 0 Å². The standard InChI is InChI=1S/C15H26N2O3/c1-10-6-4-3-5-7-13(10)16-15(20)17-8-12(9-17)11(2)14(18)19/h10-13H,3-9H2,1-2H3,(H,16,20)(H,18,19). The van der Waals surface area contributed by atoms with Crippen molar-refractivity contribution in [3.63, 3.8) is 0 Å². The summed E-state index contributed by atoms with van der Waals surface area (Å²) >= 11 is 0. The lowest BCUT2D eigenvalue weighted by atomic mass is 9.87. The number of carbonyl (C=O) groups is 2. The molecule has 5 nitrogen and oxygen atoms in total. The SMILES string of the molecule is CC1CCCCCC1NC(=O)N1CC(C(C)C(=O)O)C1. The van der Waals surface area contributed by atoms with Crippen molar-refractivity contribution in [1.82, 2.24) is 10.2 Å². The monoisotopic (exact) mass is 282 g/mol. The zero-order valence-electron chi connectivity index (χ0n) is 12.5. The molecule has 0 aromatic carbocycles. The van der Waals surface area contributed by atoms with Crippen LogP contribution in [-0.4, -0.2) is 41.1 Å². The van der Waals surface area contributed by atoms with Gasteiger partial charge in [-0.2, -0.15) is 0 Å². The van der Waals surface area contributed by atoms with Gasteiger partial charge in [-0.3, -0.25) is 4.79 Å². The number of carboxylic acids is 1. The molecule has 0 bridgehead atoms. The summed E-state index contributed by atoms with van der Waals surface area (Å²) in [6, 6.07) is 0.263. The summed E-state index contributed by atoms with van der Waals surface area (Å²) in [6.07, 6.45) is 5.96. The van der Waals surface area contributed by atoms with E-state index in [1.165, 1.54) is 25.7 Å². The maximum Gasteiger partial charge on any atom is 0.317 e. The molecule has 2 fully saturated rings. The lowest BCUT2D eigenvalue weighted by molar-refractivity contribution is -0.144. The maximum atomic E-state index is 12.2. The van der Waals surface area contributed by atoms with Gasteiger partial charge in [-0.05, 0) is 18.8 Å². The molecule has 20 heavy (non-hydrogen) atoms. The number of nitrogens with one attached hydrogen (secondary N) is 1. The summed E-state index contributed by atoms with van der Waals surface area (Å²) in [7, 11) is 0. The number of hydrogen-bond donors (Lipinski definition) is 2. The van der Waals surface area contributed by atoms with Crippen molar-refractivity contribution in [2.45, 2.75) is 52.0 Å². The average Bonchev–Trinajstić information content (AvgIpc) is 2.53. The first-order valence-electron chi connectivity index (χ1n) is 7.77. The molecule has 1 aliphatic carbocycles. The Balaban J connectivity index is 1.77. The van der Waals surface area contributed by atoms with Crippen LogP contribution >= 0.6 is 0 Å². The van der Waals surface area contributed by atoms with E-state index in [1.54, 1.807) is 11.8 Å². The van der Waals surface area contributed by atoms with Gasteiger partial charge in [0.05, 0.1) is 5.92 Å². The molecule has 114 valence electrons. The van der Waals surface area contributed by atoms with Crippen molar-refractivity contribution >= 4 is 12.0 Å². The third kappa shape index (κ3) is 3.44. The van der Waals surface area contributed by atoms with Gasteiger partial charge in [-0.1, -0.05) is 33.1 Å². The number of hydrogen-bond acceptors (Lipinski definition) is 2. The highest BCUT2D eigenvalue weighted by molar-refractivity contribution is 5.76. The van der Waals surface area contributed by atoms with Crippen molar-refractivity contribution in [1.29, 1.82) is 0 Å². The lowest BCUT2D eigenvalue weighted by Crippen LogP contribution is -2.58. The van der Waals surface area contributed by atoms with Crippen molar-refractivity contribution in [2.24, 2.45) is 17.8 Å².